The van der Waals surface area contributed by atoms with Crippen molar-refractivity contribution in [2.45, 2.75) is 26.8 Å². The minimum atomic E-state index is -0.101. The molecule has 0 radical (unpaired) electrons. The number of ether oxygens (including phenoxy) is 1. The third-order valence-electron chi connectivity index (χ3n) is 4.84. The van der Waals surface area contributed by atoms with Gasteiger partial charge in [-0.25, -0.2) is 10.4 Å². The summed E-state index contributed by atoms with van der Waals surface area (Å²) in [5.74, 6) is 1.06. The van der Waals surface area contributed by atoms with Crippen LogP contribution in [0.15, 0.2) is 68.9 Å². The Morgan fingerprint density at radius 2 is 2.00 bits per heavy atom. The number of anilines is 1. The van der Waals surface area contributed by atoms with E-state index in [9.17, 15) is 4.79 Å². The highest BCUT2D eigenvalue weighted by Gasteiger charge is 2.11. The van der Waals surface area contributed by atoms with Crippen LogP contribution in [0.1, 0.15) is 26.0 Å². The molecule has 7 heteroatoms. The summed E-state index contributed by atoms with van der Waals surface area (Å²) < 4.78 is 12.9. The molecule has 2 aromatic carbocycles. The molecule has 0 fully saturated rings. The molecule has 2 aromatic heterocycles. The Labute approximate surface area is 174 Å². The molecule has 0 saturated heterocycles. The summed E-state index contributed by atoms with van der Waals surface area (Å²) in [5, 5.41) is 6.03. The Morgan fingerprint density at radius 1 is 1.20 bits per heavy atom. The molecule has 0 amide bonds. The fraction of sp³-hybridized carbons (Fsp3) is 0.261. The van der Waals surface area contributed by atoms with E-state index in [0.29, 0.717) is 54.5 Å². The van der Waals surface area contributed by atoms with E-state index in [1.165, 1.54) is 0 Å². The van der Waals surface area contributed by atoms with Gasteiger partial charge in [-0.2, -0.15) is 5.10 Å². The Bertz CT molecular complexity index is 1220. The van der Waals surface area contributed by atoms with E-state index < -0.39 is 0 Å². The van der Waals surface area contributed by atoms with Gasteiger partial charge in [0.1, 0.15) is 11.3 Å². The van der Waals surface area contributed by atoms with Gasteiger partial charge in [-0.15, -0.1) is 0 Å². The summed E-state index contributed by atoms with van der Waals surface area (Å²) >= 11 is 0. The predicted molar refractivity (Wildman–Crippen MR) is 119 cm³/mol. The number of benzene rings is 2. The zero-order valence-corrected chi connectivity index (χ0v) is 17.1. The van der Waals surface area contributed by atoms with Gasteiger partial charge in [-0.1, -0.05) is 30.3 Å². The van der Waals surface area contributed by atoms with Gasteiger partial charge in [0.2, 0.25) is 5.95 Å². The molecule has 154 valence electrons. The number of furan rings is 1. The van der Waals surface area contributed by atoms with Crippen LogP contribution in [0.5, 0.6) is 0 Å². The number of rotatable bonds is 8. The quantitative estimate of drug-likeness (QED) is 0.267. The van der Waals surface area contributed by atoms with Crippen molar-refractivity contribution in [1.82, 2.24) is 9.55 Å². The van der Waals surface area contributed by atoms with E-state index in [2.05, 4.69) is 15.5 Å². The van der Waals surface area contributed by atoms with Gasteiger partial charge in [0.25, 0.3) is 5.56 Å². The van der Waals surface area contributed by atoms with Crippen LogP contribution in [0.2, 0.25) is 0 Å². The number of hydrogen-bond donors (Lipinski definition) is 1. The second-order valence-electron chi connectivity index (χ2n) is 6.92. The maximum Gasteiger partial charge on any atom is 0.262 e. The van der Waals surface area contributed by atoms with Crippen LogP contribution in [0.4, 0.5) is 5.95 Å². The third-order valence-corrected chi connectivity index (χ3v) is 4.84. The minimum Gasteiger partial charge on any atom is -0.455 e. The fourth-order valence-electron chi connectivity index (χ4n) is 3.28. The molecule has 0 aliphatic rings. The van der Waals surface area contributed by atoms with Crippen molar-refractivity contribution in [2.24, 2.45) is 5.10 Å². The molecule has 0 saturated carbocycles. The first-order valence-electron chi connectivity index (χ1n) is 10.0. The summed E-state index contributed by atoms with van der Waals surface area (Å²) in [7, 11) is 0. The number of hydrogen-bond acceptors (Lipinski definition) is 6. The molecule has 0 aliphatic carbocycles. The van der Waals surface area contributed by atoms with Gasteiger partial charge >= 0.3 is 0 Å². The van der Waals surface area contributed by atoms with Crippen LogP contribution in [-0.4, -0.2) is 28.5 Å². The van der Waals surface area contributed by atoms with Crippen LogP contribution < -0.4 is 11.0 Å². The van der Waals surface area contributed by atoms with E-state index >= 15 is 0 Å². The SMILES string of the molecule is CCOCCCn1c(N/N=C(/C)c2cc3ccccc3o2)nc2ccccc2c1=O. The second kappa shape index (κ2) is 8.92. The zero-order valence-electron chi connectivity index (χ0n) is 17.1. The smallest absolute Gasteiger partial charge is 0.262 e. The van der Waals surface area contributed by atoms with Gasteiger partial charge in [-0.05, 0) is 44.5 Å². The van der Waals surface area contributed by atoms with Gasteiger partial charge in [0.05, 0.1) is 10.9 Å². The standard InChI is InChI=1S/C23H24N4O3/c1-3-29-14-8-13-27-22(28)18-10-5-6-11-19(18)24-23(27)26-25-16(2)21-15-17-9-4-7-12-20(17)30-21/h4-7,9-12,15H,3,8,13-14H2,1-2H3,(H,24,26)/b25-16-. The van der Waals surface area contributed by atoms with E-state index in [1.807, 2.05) is 62.4 Å². The lowest BCUT2D eigenvalue weighted by molar-refractivity contribution is 0.141. The summed E-state index contributed by atoms with van der Waals surface area (Å²) in [5.41, 5.74) is 4.96. The first-order valence-corrected chi connectivity index (χ1v) is 10.0. The van der Waals surface area contributed by atoms with Crippen molar-refractivity contribution < 1.29 is 9.15 Å². The second-order valence-corrected chi connectivity index (χ2v) is 6.92. The predicted octanol–water partition coefficient (Wildman–Crippen LogP) is 4.41. The van der Waals surface area contributed by atoms with Gasteiger partial charge in [0.15, 0.2) is 5.76 Å². The number of nitrogens with zero attached hydrogens (tertiary/aromatic N) is 3. The van der Waals surface area contributed by atoms with Crippen molar-refractivity contribution in [2.75, 3.05) is 18.6 Å². The highest BCUT2D eigenvalue weighted by molar-refractivity contribution is 6.00. The summed E-state index contributed by atoms with van der Waals surface area (Å²) in [4.78, 5) is 17.6. The molecule has 0 aliphatic heterocycles. The Kier molecular flexibility index (Phi) is 5.90. The molecule has 0 unspecified atom stereocenters. The maximum absolute atomic E-state index is 13.0. The number of aromatic nitrogens is 2. The molecule has 4 rings (SSSR count). The maximum atomic E-state index is 13.0. The van der Waals surface area contributed by atoms with Crippen LogP contribution in [-0.2, 0) is 11.3 Å². The summed E-state index contributed by atoms with van der Waals surface area (Å²) in [6, 6.07) is 17.1. The topological polar surface area (TPSA) is 81.7 Å². The minimum absolute atomic E-state index is 0.101. The first-order chi connectivity index (χ1) is 14.7. The lowest BCUT2D eigenvalue weighted by Gasteiger charge is -2.13. The highest BCUT2D eigenvalue weighted by atomic mass is 16.5. The van der Waals surface area contributed by atoms with Crippen LogP contribution in [0.3, 0.4) is 0 Å². The molecule has 30 heavy (non-hydrogen) atoms. The van der Waals surface area contributed by atoms with Crippen molar-refractivity contribution in [3.8, 4) is 0 Å². The first kappa shape index (κ1) is 19.8. The zero-order chi connectivity index (χ0) is 20.9. The van der Waals surface area contributed by atoms with Crippen molar-refractivity contribution in [3.63, 3.8) is 0 Å². The number of para-hydroxylation sites is 2. The monoisotopic (exact) mass is 404 g/mol. The van der Waals surface area contributed by atoms with Gasteiger partial charge in [-0.3, -0.25) is 9.36 Å². The molecule has 2 heterocycles. The molecule has 0 spiro atoms. The summed E-state index contributed by atoms with van der Waals surface area (Å²) in [6.45, 7) is 5.52. The normalized spacial score (nSPS) is 12.0. The molecule has 7 nitrogen and oxygen atoms in total. The van der Waals surface area contributed by atoms with E-state index in [4.69, 9.17) is 9.15 Å². The number of nitrogens with one attached hydrogen (secondary N) is 1. The lowest BCUT2D eigenvalue weighted by atomic mass is 10.2. The van der Waals surface area contributed by atoms with Crippen LogP contribution in [0, 0.1) is 0 Å². The Morgan fingerprint density at radius 3 is 2.83 bits per heavy atom. The molecule has 4 aromatic rings. The largest absolute Gasteiger partial charge is 0.455 e. The van der Waals surface area contributed by atoms with E-state index in [1.54, 1.807) is 10.6 Å². The van der Waals surface area contributed by atoms with E-state index in [-0.39, 0.29) is 5.56 Å². The third kappa shape index (κ3) is 4.11. The molecule has 1 N–H and O–H groups in total. The van der Waals surface area contributed by atoms with Crippen molar-refractivity contribution in [1.29, 1.82) is 0 Å². The highest BCUT2D eigenvalue weighted by Crippen LogP contribution is 2.19. The van der Waals surface area contributed by atoms with E-state index in [0.717, 1.165) is 11.0 Å². The molecular weight excluding hydrogens is 380 g/mol. The number of fused-ring (bicyclic) bond motifs is 2. The van der Waals surface area contributed by atoms with Gasteiger partial charge in [0, 0.05) is 25.1 Å². The van der Waals surface area contributed by atoms with Gasteiger partial charge < -0.3 is 9.15 Å². The Hall–Kier alpha value is -3.45. The average molecular weight is 404 g/mol. The molecule has 0 atom stereocenters. The van der Waals surface area contributed by atoms with Crippen LogP contribution >= 0.6 is 0 Å². The fourth-order valence-corrected chi connectivity index (χ4v) is 3.28. The molecular formula is C23H24N4O3. The van der Waals surface area contributed by atoms with Crippen LogP contribution in [0.25, 0.3) is 21.9 Å². The summed E-state index contributed by atoms with van der Waals surface area (Å²) in [6.07, 6.45) is 0.703. The Balaban J connectivity index is 1.65. The lowest BCUT2D eigenvalue weighted by Crippen LogP contribution is -2.25. The number of hydrazone groups is 1. The van der Waals surface area contributed by atoms with Crippen molar-refractivity contribution >= 4 is 33.5 Å². The van der Waals surface area contributed by atoms with Crippen molar-refractivity contribution in [3.05, 3.63) is 70.7 Å². The average Bonchev–Trinajstić information content (AvgIpc) is 3.21. The molecule has 0 bridgehead atoms.